The van der Waals surface area contributed by atoms with Gasteiger partial charge in [-0.15, -0.1) is 0 Å². The number of aromatic nitrogens is 5. The second kappa shape index (κ2) is 8.19. The van der Waals surface area contributed by atoms with Gasteiger partial charge in [0.05, 0.1) is 12.1 Å². The number of hydrogen-bond acceptors (Lipinski definition) is 4. The van der Waals surface area contributed by atoms with E-state index >= 15 is 0 Å². The van der Waals surface area contributed by atoms with Crippen LogP contribution in [0.5, 0.6) is 0 Å². The van der Waals surface area contributed by atoms with Gasteiger partial charge in [-0.3, -0.25) is 0 Å². The monoisotopic (exact) mass is 489 g/mol. The molecule has 0 fully saturated rings. The van der Waals surface area contributed by atoms with Gasteiger partial charge in [0, 0.05) is 32.0 Å². The van der Waals surface area contributed by atoms with E-state index in [4.69, 9.17) is 4.74 Å². The van der Waals surface area contributed by atoms with Crippen LogP contribution in [0.25, 0.3) is 16.9 Å². The summed E-state index contributed by atoms with van der Waals surface area (Å²) in [5, 5.41) is 8.40. The summed E-state index contributed by atoms with van der Waals surface area (Å²) < 4.78 is 48.7. The molecule has 3 aromatic rings. The molecule has 11 heteroatoms. The second-order valence-corrected chi connectivity index (χ2v) is 14.6. The van der Waals surface area contributed by atoms with Crippen molar-refractivity contribution >= 4 is 29.7 Å². The molecule has 0 unspecified atom stereocenters. The molecule has 158 valence electrons. The Morgan fingerprint density at radius 2 is 1.97 bits per heavy atom. The van der Waals surface area contributed by atoms with Crippen LogP contribution in [0.3, 0.4) is 0 Å². The van der Waals surface area contributed by atoms with Gasteiger partial charge < -0.3 is 4.74 Å². The van der Waals surface area contributed by atoms with Gasteiger partial charge in [0.15, 0.2) is 5.65 Å². The number of aryl methyl sites for hydroxylation is 1. The Morgan fingerprint density at radius 3 is 2.62 bits per heavy atom. The van der Waals surface area contributed by atoms with Gasteiger partial charge in [-0.1, -0.05) is 19.6 Å². The highest BCUT2D eigenvalue weighted by Gasteiger charge is 2.33. The summed E-state index contributed by atoms with van der Waals surface area (Å²) in [5.41, 5.74) is 2.48. The molecule has 0 aliphatic rings. The second-order valence-electron chi connectivity index (χ2n) is 8.20. The highest BCUT2D eigenvalue weighted by Crippen LogP contribution is 2.35. The van der Waals surface area contributed by atoms with E-state index < -0.39 is 20.7 Å². The maximum Gasteiger partial charge on any atom is 0.393 e. The van der Waals surface area contributed by atoms with E-state index in [1.165, 1.54) is 11.0 Å². The van der Waals surface area contributed by atoms with Crippen molar-refractivity contribution in [2.75, 3.05) is 6.61 Å². The fourth-order valence-corrected chi connectivity index (χ4v) is 4.27. The third kappa shape index (κ3) is 5.46. The molecule has 6 nitrogen and oxygen atoms in total. The first kappa shape index (κ1) is 22.0. The molecule has 3 aromatic heterocycles. The van der Waals surface area contributed by atoms with Crippen molar-refractivity contribution in [2.24, 2.45) is 0 Å². The first-order chi connectivity index (χ1) is 13.4. The van der Waals surface area contributed by atoms with Gasteiger partial charge >= 0.3 is 6.18 Å². The highest BCUT2D eigenvalue weighted by molar-refractivity contribution is 9.10. The number of ether oxygens (including phenoxy) is 1. The molecule has 3 heterocycles. The number of nitrogens with zero attached hydrogens (tertiary/aromatic N) is 5. The topological polar surface area (TPSA) is 57.2 Å². The van der Waals surface area contributed by atoms with Gasteiger partial charge in [0.25, 0.3) is 0 Å². The average molecular weight is 490 g/mol. The van der Waals surface area contributed by atoms with Crippen molar-refractivity contribution in [3.8, 4) is 11.3 Å². The largest absolute Gasteiger partial charge is 0.393 e. The molecular formula is C18H23BrF3N5OSi. The molecule has 0 bridgehead atoms. The molecule has 3 rings (SSSR count). The van der Waals surface area contributed by atoms with Crippen molar-refractivity contribution in [1.82, 2.24) is 24.4 Å². The number of fused-ring (bicyclic) bond motifs is 1. The van der Waals surface area contributed by atoms with Gasteiger partial charge in [0.2, 0.25) is 0 Å². The van der Waals surface area contributed by atoms with Gasteiger partial charge in [-0.05, 0) is 40.5 Å². The van der Waals surface area contributed by atoms with Crippen LogP contribution in [0, 0.1) is 6.92 Å². The molecule has 0 spiro atoms. The van der Waals surface area contributed by atoms with Crippen molar-refractivity contribution < 1.29 is 17.9 Å². The third-order valence-corrected chi connectivity index (χ3v) is 6.76. The number of pyridine rings is 1. The lowest BCUT2D eigenvalue weighted by molar-refractivity contribution is -0.127. The molecule has 0 aliphatic heterocycles. The first-order valence-electron chi connectivity index (χ1n) is 9.15. The summed E-state index contributed by atoms with van der Waals surface area (Å²) in [6.07, 6.45) is -2.38. The molecule has 0 amide bonds. The number of rotatable bonds is 7. The lowest BCUT2D eigenvalue weighted by Gasteiger charge is -2.16. The van der Waals surface area contributed by atoms with Crippen molar-refractivity contribution in [3.05, 3.63) is 34.3 Å². The zero-order valence-electron chi connectivity index (χ0n) is 16.7. The van der Waals surface area contributed by atoms with E-state index in [0.717, 1.165) is 11.6 Å². The van der Waals surface area contributed by atoms with Gasteiger partial charge in [0.1, 0.15) is 17.7 Å². The van der Waals surface area contributed by atoms with Crippen molar-refractivity contribution in [2.45, 2.75) is 51.9 Å². The van der Waals surface area contributed by atoms with Crippen molar-refractivity contribution in [1.29, 1.82) is 0 Å². The maximum absolute atomic E-state index is 13.2. The van der Waals surface area contributed by atoms with E-state index in [9.17, 15) is 13.2 Å². The first-order valence-corrected chi connectivity index (χ1v) is 13.6. The SMILES string of the molecule is Cc1cc(-c2c(CC(F)(F)F)c(Br)nn2COCC[Si](C)(C)C)cn2ncnc12. The summed E-state index contributed by atoms with van der Waals surface area (Å²) >= 11 is 3.20. The Labute approximate surface area is 176 Å². The molecule has 0 aromatic carbocycles. The molecule has 0 atom stereocenters. The Kier molecular flexibility index (Phi) is 6.21. The number of halogens is 4. The van der Waals surface area contributed by atoms with Crippen LogP contribution in [-0.2, 0) is 17.9 Å². The van der Waals surface area contributed by atoms with E-state index in [-0.39, 0.29) is 16.9 Å². The zero-order valence-corrected chi connectivity index (χ0v) is 19.3. The standard InChI is InChI=1S/C18H23BrF3N5OSi/c1-12-7-13(9-26-17(12)23-10-24-26)15-14(8-18(20,21)22)16(19)25-27(15)11-28-5-6-29(2,3)4/h7,9-10H,5-6,8,11H2,1-4H3. The minimum Gasteiger partial charge on any atom is -0.360 e. The number of hydrogen-bond donors (Lipinski definition) is 0. The summed E-state index contributed by atoms with van der Waals surface area (Å²) in [5.74, 6) is 0. The minimum absolute atomic E-state index is 0.0741. The third-order valence-electron chi connectivity index (χ3n) is 4.42. The Hall–Kier alpha value is -1.72. The molecule has 0 radical (unpaired) electrons. The molecular weight excluding hydrogens is 467 g/mol. The van der Waals surface area contributed by atoms with E-state index in [0.29, 0.717) is 23.5 Å². The van der Waals surface area contributed by atoms with Gasteiger partial charge in [-0.25, -0.2) is 14.2 Å². The summed E-state index contributed by atoms with van der Waals surface area (Å²) in [7, 11) is -1.27. The zero-order chi connectivity index (χ0) is 21.4. The summed E-state index contributed by atoms with van der Waals surface area (Å²) in [6, 6.07) is 2.76. The average Bonchev–Trinajstić information content (AvgIpc) is 3.15. The van der Waals surface area contributed by atoms with E-state index in [1.807, 2.05) is 6.92 Å². The molecule has 29 heavy (non-hydrogen) atoms. The van der Waals surface area contributed by atoms with Gasteiger partial charge in [-0.2, -0.15) is 23.4 Å². The highest BCUT2D eigenvalue weighted by atomic mass is 79.9. The van der Waals surface area contributed by atoms with Crippen LogP contribution in [0.15, 0.2) is 23.2 Å². The lowest BCUT2D eigenvalue weighted by atomic mass is 10.1. The van der Waals surface area contributed by atoms with E-state index in [2.05, 4.69) is 50.8 Å². The Bertz CT molecular complexity index is 1010. The van der Waals surface area contributed by atoms with Crippen LogP contribution >= 0.6 is 15.9 Å². The van der Waals surface area contributed by atoms with Crippen LogP contribution in [0.4, 0.5) is 13.2 Å². The smallest absolute Gasteiger partial charge is 0.360 e. The van der Waals surface area contributed by atoms with Crippen molar-refractivity contribution in [3.63, 3.8) is 0 Å². The fraction of sp³-hybridized carbons (Fsp3) is 0.500. The molecule has 0 saturated heterocycles. The fourth-order valence-electron chi connectivity index (χ4n) is 3.00. The number of alkyl halides is 3. The quantitative estimate of drug-likeness (QED) is 0.343. The van der Waals surface area contributed by atoms with Crippen LogP contribution in [0.2, 0.25) is 25.7 Å². The molecule has 0 saturated carbocycles. The predicted octanol–water partition coefficient (Wildman–Crippen LogP) is 5.08. The molecule has 0 N–H and O–H groups in total. The maximum atomic E-state index is 13.2. The summed E-state index contributed by atoms with van der Waals surface area (Å²) in [6.45, 7) is 9.18. The van der Waals surface area contributed by atoms with Crippen LogP contribution < -0.4 is 0 Å². The Morgan fingerprint density at radius 1 is 1.24 bits per heavy atom. The Balaban J connectivity index is 2.01. The predicted molar refractivity (Wildman–Crippen MR) is 111 cm³/mol. The van der Waals surface area contributed by atoms with Crippen LogP contribution in [-0.4, -0.2) is 45.2 Å². The lowest BCUT2D eigenvalue weighted by Crippen LogP contribution is -2.22. The normalized spacial score (nSPS) is 12.8. The minimum atomic E-state index is -4.36. The molecule has 0 aliphatic carbocycles. The van der Waals surface area contributed by atoms with E-state index in [1.54, 1.807) is 16.8 Å². The summed E-state index contributed by atoms with van der Waals surface area (Å²) in [4.78, 5) is 4.17. The van der Waals surface area contributed by atoms with Crippen LogP contribution in [0.1, 0.15) is 11.1 Å².